The molecule has 6 nitrogen and oxygen atoms in total. The second-order valence-corrected chi connectivity index (χ2v) is 4.07. The van der Waals surface area contributed by atoms with Gasteiger partial charge in [-0.25, -0.2) is 4.68 Å². The summed E-state index contributed by atoms with van der Waals surface area (Å²) in [5.74, 6) is -0.0336. The molecule has 5 N–H and O–H groups in total. The fraction of sp³-hybridized carbons (Fsp3) is 0.667. The molecule has 0 aliphatic heterocycles. The first-order valence-corrected chi connectivity index (χ1v) is 5.18. The third-order valence-electron chi connectivity index (χ3n) is 2.90. The van der Waals surface area contributed by atoms with Crippen molar-refractivity contribution < 1.29 is 0 Å². The lowest BCUT2D eigenvalue weighted by atomic mass is 9.92. The van der Waals surface area contributed by atoms with Crippen molar-refractivity contribution in [1.82, 2.24) is 15.0 Å². The quantitative estimate of drug-likeness (QED) is 0.470. The van der Waals surface area contributed by atoms with E-state index in [1.54, 1.807) is 6.20 Å². The van der Waals surface area contributed by atoms with Crippen molar-refractivity contribution >= 4 is 5.84 Å². The van der Waals surface area contributed by atoms with Gasteiger partial charge in [0, 0.05) is 6.04 Å². The van der Waals surface area contributed by atoms with Crippen LogP contribution in [0, 0.1) is 5.41 Å². The van der Waals surface area contributed by atoms with E-state index >= 15 is 0 Å². The monoisotopic (exact) mass is 208 g/mol. The Labute approximate surface area is 88.1 Å². The molecule has 6 heteroatoms. The maximum absolute atomic E-state index is 7.24. The minimum Gasteiger partial charge on any atom is -0.382 e. The third-order valence-corrected chi connectivity index (χ3v) is 2.90. The lowest BCUT2D eigenvalue weighted by Crippen LogP contribution is -2.28. The topological polar surface area (TPSA) is 107 Å². The van der Waals surface area contributed by atoms with Crippen LogP contribution in [0.1, 0.15) is 37.4 Å². The highest BCUT2D eigenvalue weighted by Gasteiger charge is 2.21. The Kier molecular flexibility index (Phi) is 2.68. The Balaban J connectivity index is 2.06. The Morgan fingerprint density at radius 3 is 2.60 bits per heavy atom. The van der Waals surface area contributed by atoms with Gasteiger partial charge >= 0.3 is 0 Å². The zero-order chi connectivity index (χ0) is 10.8. The van der Waals surface area contributed by atoms with Crippen LogP contribution in [-0.4, -0.2) is 26.9 Å². The summed E-state index contributed by atoms with van der Waals surface area (Å²) in [6.45, 7) is 0. The fourth-order valence-corrected chi connectivity index (χ4v) is 1.94. The van der Waals surface area contributed by atoms with Gasteiger partial charge in [-0.1, -0.05) is 5.21 Å². The average molecular weight is 208 g/mol. The molecule has 1 aromatic heterocycles. The zero-order valence-corrected chi connectivity index (χ0v) is 8.56. The van der Waals surface area contributed by atoms with Crippen LogP contribution in [0.2, 0.25) is 0 Å². The van der Waals surface area contributed by atoms with Crippen molar-refractivity contribution in [3.05, 3.63) is 11.9 Å². The molecule has 1 heterocycles. The highest BCUT2D eigenvalue weighted by Crippen LogP contribution is 2.26. The van der Waals surface area contributed by atoms with Gasteiger partial charge < -0.3 is 11.5 Å². The molecule has 0 atom stereocenters. The first kappa shape index (κ1) is 10.1. The van der Waals surface area contributed by atoms with Crippen molar-refractivity contribution in [2.75, 3.05) is 0 Å². The summed E-state index contributed by atoms with van der Waals surface area (Å²) < 4.78 is 1.81. The van der Waals surface area contributed by atoms with Gasteiger partial charge in [0.05, 0.1) is 12.2 Å². The van der Waals surface area contributed by atoms with E-state index in [0.717, 1.165) is 25.7 Å². The highest BCUT2D eigenvalue weighted by molar-refractivity contribution is 5.92. The second kappa shape index (κ2) is 3.98. The number of nitrogens with two attached hydrogens (primary N) is 2. The second-order valence-electron chi connectivity index (χ2n) is 4.07. The Hall–Kier alpha value is -1.43. The Morgan fingerprint density at radius 2 is 2.07 bits per heavy atom. The van der Waals surface area contributed by atoms with Crippen LogP contribution >= 0.6 is 0 Å². The predicted molar refractivity (Wildman–Crippen MR) is 56.5 cm³/mol. The summed E-state index contributed by atoms with van der Waals surface area (Å²) in [4.78, 5) is 0. The van der Waals surface area contributed by atoms with E-state index in [9.17, 15) is 0 Å². The molecular formula is C9H16N6. The van der Waals surface area contributed by atoms with Crippen molar-refractivity contribution in [3.63, 3.8) is 0 Å². The van der Waals surface area contributed by atoms with E-state index in [-0.39, 0.29) is 5.84 Å². The first-order valence-electron chi connectivity index (χ1n) is 5.18. The van der Waals surface area contributed by atoms with Gasteiger partial charge in [0.25, 0.3) is 0 Å². The Morgan fingerprint density at radius 1 is 1.40 bits per heavy atom. The Bertz CT molecular complexity index is 349. The van der Waals surface area contributed by atoms with Gasteiger partial charge in [0.1, 0.15) is 11.5 Å². The molecule has 1 saturated carbocycles. The number of nitrogens with one attached hydrogen (secondary N) is 1. The van der Waals surface area contributed by atoms with Crippen LogP contribution in [-0.2, 0) is 0 Å². The van der Waals surface area contributed by atoms with Crippen molar-refractivity contribution in [3.8, 4) is 0 Å². The zero-order valence-electron chi connectivity index (χ0n) is 8.56. The average Bonchev–Trinajstić information content (AvgIpc) is 2.68. The molecule has 2 rings (SSSR count). The smallest absolute Gasteiger partial charge is 0.147 e. The first-order chi connectivity index (χ1) is 7.16. The SMILES string of the molecule is N=C(N)c1cn(C2CCC(N)CC2)nn1. The van der Waals surface area contributed by atoms with Crippen LogP contribution in [0.15, 0.2) is 6.20 Å². The summed E-state index contributed by atoms with van der Waals surface area (Å²) >= 11 is 0. The molecule has 1 aromatic rings. The standard InChI is InChI=1S/C9H16N6/c10-6-1-3-7(4-2-6)15-5-8(9(11)12)13-14-15/h5-7H,1-4,10H2,(H3,11,12). The van der Waals surface area contributed by atoms with Gasteiger partial charge in [0.2, 0.25) is 0 Å². The number of nitrogen functional groups attached to an aromatic ring is 1. The number of nitrogens with zero attached hydrogens (tertiary/aromatic N) is 3. The maximum atomic E-state index is 7.24. The molecule has 0 radical (unpaired) electrons. The number of hydrogen-bond donors (Lipinski definition) is 3. The lowest BCUT2D eigenvalue weighted by molar-refractivity contribution is 0.300. The molecular weight excluding hydrogens is 192 g/mol. The molecule has 82 valence electrons. The normalized spacial score (nSPS) is 26.5. The van der Waals surface area contributed by atoms with Crippen molar-refractivity contribution in [2.24, 2.45) is 11.5 Å². The van der Waals surface area contributed by atoms with Crippen LogP contribution in [0.5, 0.6) is 0 Å². The largest absolute Gasteiger partial charge is 0.382 e. The summed E-state index contributed by atoms with van der Waals surface area (Å²) in [6.07, 6.45) is 5.85. The maximum Gasteiger partial charge on any atom is 0.147 e. The highest BCUT2D eigenvalue weighted by atomic mass is 15.4. The van der Waals surface area contributed by atoms with Crippen LogP contribution in [0.4, 0.5) is 0 Å². The molecule has 0 unspecified atom stereocenters. The molecule has 0 spiro atoms. The van der Waals surface area contributed by atoms with Crippen molar-refractivity contribution in [1.29, 1.82) is 5.41 Å². The molecule has 15 heavy (non-hydrogen) atoms. The summed E-state index contributed by atoms with van der Waals surface area (Å²) in [7, 11) is 0. The van der Waals surface area contributed by atoms with Crippen LogP contribution < -0.4 is 11.5 Å². The van der Waals surface area contributed by atoms with E-state index in [0.29, 0.717) is 17.8 Å². The minimum atomic E-state index is -0.0336. The van der Waals surface area contributed by atoms with Gasteiger partial charge in [-0.2, -0.15) is 0 Å². The van der Waals surface area contributed by atoms with E-state index in [2.05, 4.69) is 10.3 Å². The molecule has 0 aromatic carbocycles. The van der Waals surface area contributed by atoms with E-state index < -0.39 is 0 Å². The van der Waals surface area contributed by atoms with Crippen LogP contribution in [0.3, 0.4) is 0 Å². The fourth-order valence-electron chi connectivity index (χ4n) is 1.94. The number of amidine groups is 1. The van der Waals surface area contributed by atoms with E-state index in [1.165, 1.54) is 0 Å². The lowest BCUT2D eigenvalue weighted by Gasteiger charge is -2.25. The van der Waals surface area contributed by atoms with Crippen molar-refractivity contribution in [2.45, 2.75) is 37.8 Å². The molecule has 0 amide bonds. The molecule has 0 saturated heterocycles. The number of aromatic nitrogens is 3. The predicted octanol–water partition coefficient (Wildman–Crippen LogP) is 0.00457. The summed E-state index contributed by atoms with van der Waals surface area (Å²) in [5.41, 5.74) is 11.6. The summed E-state index contributed by atoms with van der Waals surface area (Å²) in [5, 5.41) is 15.1. The molecule has 1 aliphatic carbocycles. The van der Waals surface area contributed by atoms with Gasteiger partial charge in [-0.3, -0.25) is 5.41 Å². The van der Waals surface area contributed by atoms with Gasteiger partial charge in [0.15, 0.2) is 0 Å². The third kappa shape index (κ3) is 2.15. The minimum absolute atomic E-state index is 0.0336. The van der Waals surface area contributed by atoms with E-state index in [1.807, 2.05) is 4.68 Å². The molecule has 1 fully saturated rings. The summed E-state index contributed by atoms with van der Waals surface area (Å²) in [6, 6.07) is 0.697. The molecule has 1 aliphatic rings. The van der Waals surface area contributed by atoms with Gasteiger partial charge in [-0.05, 0) is 25.7 Å². The van der Waals surface area contributed by atoms with E-state index in [4.69, 9.17) is 16.9 Å². The number of rotatable bonds is 2. The number of hydrogen-bond acceptors (Lipinski definition) is 4. The molecule has 0 bridgehead atoms. The van der Waals surface area contributed by atoms with Crippen LogP contribution in [0.25, 0.3) is 0 Å². The van der Waals surface area contributed by atoms with Gasteiger partial charge in [-0.15, -0.1) is 5.10 Å².